The van der Waals surface area contributed by atoms with Crippen LogP contribution in [0.4, 0.5) is 0 Å². The van der Waals surface area contributed by atoms with Crippen molar-refractivity contribution in [2.45, 2.75) is 6.92 Å². The van der Waals surface area contributed by atoms with Crippen molar-refractivity contribution in [3.8, 4) is 5.75 Å². The highest BCUT2D eigenvalue weighted by atomic mass is 32.1. The van der Waals surface area contributed by atoms with E-state index in [0.29, 0.717) is 11.1 Å². The van der Waals surface area contributed by atoms with Crippen LogP contribution < -0.4 is 4.94 Å². The summed E-state index contributed by atoms with van der Waals surface area (Å²) >= 11 is 1.01. The zero-order valence-corrected chi connectivity index (χ0v) is 7.14. The summed E-state index contributed by atoms with van der Waals surface area (Å²) in [6.45, 7) is 1.75. The van der Waals surface area contributed by atoms with E-state index in [-0.39, 0.29) is 10.7 Å². The summed E-state index contributed by atoms with van der Waals surface area (Å²) in [5, 5.41) is 9.29. The smallest absolute Gasteiger partial charge is 0.396 e. The van der Waals surface area contributed by atoms with E-state index < -0.39 is 0 Å². The first kappa shape index (κ1) is 7.36. The van der Waals surface area contributed by atoms with E-state index in [0.717, 1.165) is 16.0 Å². The lowest BCUT2D eigenvalue weighted by Gasteiger charge is -1.95. The molecule has 0 aliphatic rings. The molecule has 0 aliphatic carbocycles. The molecule has 62 valence electrons. The predicted octanol–water partition coefficient (Wildman–Crippen LogP) is 1.87. The summed E-state index contributed by atoms with van der Waals surface area (Å²) in [6, 6.07) is 3.11. The summed E-state index contributed by atoms with van der Waals surface area (Å²) in [5.41, 5.74) is 1.24. The van der Waals surface area contributed by atoms with Gasteiger partial charge in [-0.15, -0.1) is 0 Å². The molecule has 3 nitrogen and oxygen atoms in total. The van der Waals surface area contributed by atoms with Crippen LogP contribution >= 0.6 is 11.3 Å². The third kappa shape index (κ3) is 0.921. The van der Waals surface area contributed by atoms with Gasteiger partial charge in [0.1, 0.15) is 11.3 Å². The Balaban J connectivity index is 2.99. The van der Waals surface area contributed by atoms with Crippen molar-refractivity contribution in [3.05, 3.63) is 27.4 Å². The highest BCUT2D eigenvalue weighted by molar-refractivity contribution is 7.16. The Labute approximate surface area is 71.9 Å². The van der Waals surface area contributed by atoms with Crippen molar-refractivity contribution >= 4 is 21.6 Å². The Morgan fingerprint density at radius 2 is 2.25 bits per heavy atom. The van der Waals surface area contributed by atoms with Crippen LogP contribution in [0.2, 0.25) is 0 Å². The average Bonchev–Trinajstić information content (AvgIpc) is 2.39. The van der Waals surface area contributed by atoms with Gasteiger partial charge in [-0.25, -0.2) is 4.79 Å². The SMILES string of the molecule is Cc1c(O)ccc2oc(=O)sc12. The largest absolute Gasteiger partial charge is 0.508 e. The molecule has 2 aromatic rings. The molecule has 0 fully saturated rings. The minimum Gasteiger partial charge on any atom is -0.508 e. The Hall–Kier alpha value is -1.29. The van der Waals surface area contributed by atoms with Gasteiger partial charge in [0, 0.05) is 5.56 Å². The summed E-state index contributed by atoms with van der Waals surface area (Å²) in [4.78, 5) is 10.5. The molecule has 0 atom stereocenters. The highest BCUT2D eigenvalue weighted by Gasteiger charge is 2.07. The Bertz CT molecular complexity index is 480. The quantitative estimate of drug-likeness (QED) is 0.676. The minimum atomic E-state index is -0.335. The third-order valence-corrected chi connectivity index (χ3v) is 2.68. The van der Waals surface area contributed by atoms with Crippen LogP contribution in [-0.4, -0.2) is 5.11 Å². The first-order valence-corrected chi connectivity index (χ1v) is 4.22. The lowest BCUT2D eigenvalue weighted by molar-refractivity contribution is 0.471. The van der Waals surface area contributed by atoms with E-state index in [1.54, 1.807) is 13.0 Å². The summed E-state index contributed by atoms with van der Waals surface area (Å²) in [5.74, 6) is 0.194. The number of aromatic hydroxyl groups is 1. The molecule has 0 amide bonds. The number of rotatable bonds is 0. The lowest BCUT2D eigenvalue weighted by atomic mass is 10.2. The molecule has 0 unspecified atom stereocenters. The van der Waals surface area contributed by atoms with Crippen LogP contribution in [0.5, 0.6) is 5.75 Å². The number of fused-ring (bicyclic) bond motifs is 1. The molecule has 1 heterocycles. The van der Waals surface area contributed by atoms with Gasteiger partial charge in [-0.05, 0) is 19.1 Å². The number of phenols is 1. The molecular formula is C8H6O3S. The van der Waals surface area contributed by atoms with Gasteiger partial charge in [-0.3, -0.25) is 0 Å². The second-order valence-corrected chi connectivity index (χ2v) is 3.44. The molecule has 0 saturated carbocycles. The number of benzene rings is 1. The van der Waals surface area contributed by atoms with E-state index in [2.05, 4.69) is 0 Å². The zero-order valence-electron chi connectivity index (χ0n) is 6.33. The number of hydrogen-bond donors (Lipinski definition) is 1. The monoisotopic (exact) mass is 182 g/mol. The van der Waals surface area contributed by atoms with Gasteiger partial charge < -0.3 is 9.52 Å². The normalized spacial score (nSPS) is 10.8. The molecule has 0 spiro atoms. The first-order valence-electron chi connectivity index (χ1n) is 3.40. The maximum Gasteiger partial charge on any atom is 0.396 e. The van der Waals surface area contributed by atoms with Crippen LogP contribution in [0.25, 0.3) is 10.3 Å². The van der Waals surface area contributed by atoms with E-state index in [4.69, 9.17) is 4.42 Å². The molecule has 1 aromatic heterocycles. The molecule has 1 N–H and O–H groups in total. The standard InChI is InChI=1S/C8H6O3S/c1-4-5(9)2-3-6-7(4)12-8(10)11-6/h2-3,9H,1H3. The third-order valence-electron chi connectivity index (χ3n) is 1.72. The maximum absolute atomic E-state index is 10.8. The van der Waals surface area contributed by atoms with Crippen LogP contribution in [0, 0.1) is 6.92 Å². The fourth-order valence-corrected chi connectivity index (χ4v) is 1.82. The zero-order chi connectivity index (χ0) is 8.72. The molecule has 4 heteroatoms. The van der Waals surface area contributed by atoms with Crippen molar-refractivity contribution in [3.63, 3.8) is 0 Å². The van der Waals surface area contributed by atoms with Crippen molar-refractivity contribution < 1.29 is 9.52 Å². The second kappa shape index (κ2) is 2.35. The first-order chi connectivity index (χ1) is 5.68. The number of aryl methyl sites for hydroxylation is 1. The topological polar surface area (TPSA) is 50.4 Å². The molecule has 0 bridgehead atoms. The second-order valence-electron chi connectivity index (χ2n) is 2.49. The van der Waals surface area contributed by atoms with Crippen molar-refractivity contribution in [2.75, 3.05) is 0 Å². The van der Waals surface area contributed by atoms with Crippen LogP contribution in [0.3, 0.4) is 0 Å². The van der Waals surface area contributed by atoms with Crippen molar-refractivity contribution in [1.29, 1.82) is 0 Å². The molecular weight excluding hydrogens is 176 g/mol. The number of hydrogen-bond acceptors (Lipinski definition) is 4. The summed E-state index contributed by atoms with van der Waals surface area (Å²) < 4.78 is 5.58. The fourth-order valence-electron chi connectivity index (χ4n) is 1.06. The van der Waals surface area contributed by atoms with Gasteiger partial charge in [-0.2, -0.15) is 0 Å². The van der Waals surface area contributed by atoms with E-state index in [9.17, 15) is 9.90 Å². The van der Waals surface area contributed by atoms with Crippen molar-refractivity contribution in [1.82, 2.24) is 0 Å². The molecule has 2 rings (SSSR count). The minimum absolute atomic E-state index is 0.194. The molecule has 1 aromatic carbocycles. The Kier molecular flexibility index (Phi) is 1.44. The van der Waals surface area contributed by atoms with E-state index in [1.807, 2.05) is 0 Å². The molecule has 12 heavy (non-hydrogen) atoms. The predicted molar refractivity (Wildman–Crippen MR) is 46.8 cm³/mol. The Morgan fingerprint density at radius 1 is 1.50 bits per heavy atom. The number of phenolic OH excluding ortho intramolecular Hbond substituents is 1. The van der Waals surface area contributed by atoms with Crippen molar-refractivity contribution in [2.24, 2.45) is 0 Å². The highest BCUT2D eigenvalue weighted by Crippen LogP contribution is 2.27. The Morgan fingerprint density at radius 3 is 3.00 bits per heavy atom. The van der Waals surface area contributed by atoms with E-state index >= 15 is 0 Å². The van der Waals surface area contributed by atoms with E-state index in [1.165, 1.54) is 6.07 Å². The fraction of sp³-hybridized carbons (Fsp3) is 0.125. The molecule has 0 saturated heterocycles. The lowest BCUT2D eigenvalue weighted by Crippen LogP contribution is -1.79. The van der Waals surface area contributed by atoms with Crippen LogP contribution in [0.1, 0.15) is 5.56 Å². The van der Waals surface area contributed by atoms with Gasteiger partial charge in [0.2, 0.25) is 0 Å². The molecule has 0 aliphatic heterocycles. The molecule has 0 radical (unpaired) electrons. The average molecular weight is 182 g/mol. The summed E-state index contributed by atoms with van der Waals surface area (Å²) in [7, 11) is 0. The van der Waals surface area contributed by atoms with Crippen LogP contribution in [0.15, 0.2) is 21.3 Å². The summed E-state index contributed by atoms with van der Waals surface area (Å²) in [6.07, 6.45) is 0. The maximum atomic E-state index is 10.8. The van der Waals surface area contributed by atoms with Gasteiger partial charge in [0.05, 0.1) is 4.70 Å². The van der Waals surface area contributed by atoms with Crippen LogP contribution in [-0.2, 0) is 0 Å². The van der Waals surface area contributed by atoms with Gasteiger partial charge >= 0.3 is 4.94 Å². The van der Waals surface area contributed by atoms with Gasteiger partial charge in [0.15, 0.2) is 0 Å². The van der Waals surface area contributed by atoms with Gasteiger partial charge in [0.25, 0.3) is 0 Å². The van der Waals surface area contributed by atoms with Gasteiger partial charge in [-0.1, -0.05) is 11.3 Å².